The number of nitrogens with zero attached hydrogens (tertiary/aromatic N) is 3. The zero-order chi connectivity index (χ0) is 14.5. The summed E-state index contributed by atoms with van der Waals surface area (Å²) in [5.41, 5.74) is 2.36. The van der Waals surface area contributed by atoms with E-state index in [2.05, 4.69) is 38.6 Å². The fourth-order valence-corrected chi connectivity index (χ4v) is 3.14. The Labute approximate surface area is 128 Å². The summed E-state index contributed by atoms with van der Waals surface area (Å²) >= 11 is 1.38. The average molecular weight is 302 g/mol. The Morgan fingerprint density at radius 2 is 2.10 bits per heavy atom. The predicted octanol–water partition coefficient (Wildman–Crippen LogP) is 1.84. The van der Waals surface area contributed by atoms with Crippen LogP contribution in [0.3, 0.4) is 0 Å². The first kappa shape index (κ1) is 14.3. The summed E-state index contributed by atoms with van der Waals surface area (Å²) in [5.74, 6) is 0.420. The zero-order valence-electron chi connectivity index (χ0n) is 11.8. The molecule has 0 saturated carbocycles. The number of benzene rings is 1. The molecule has 0 aromatic heterocycles. The van der Waals surface area contributed by atoms with Crippen molar-refractivity contribution in [1.29, 1.82) is 0 Å². The highest BCUT2D eigenvalue weighted by Crippen LogP contribution is 2.15. The predicted molar refractivity (Wildman–Crippen MR) is 86.6 cm³/mol. The van der Waals surface area contributed by atoms with Crippen LogP contribution in [0.15, 0.2) is 34.5 Å². The van der Waals surface area contributed by atoms with Crippen molar-refractivity contribution >= 4 is 29.1 Å². The van der Waals surface area contributed by atoms with Crippen molar-refractivity contribution in [3.8, 4) is 0 Å². The molecule has 3 rings (SSSR count). The van der Waals surface area contributed by atoms with Gasteiger partial charge in [-0.1, -0.05) is 36.0 Å². The summed E-state index contributed by atoms with van der Waals surface area (Å²) < 4.78 is 0. The van der Waals surface area contributed by atoms with Gasteiger partial charge >= 0.3 is 0 Å². The standard InChI is InChI=1S/C15H18N4OS/c20-14-11-21-15(17-14)18-16-9-12-5-1-2-6-13(12)10-19-7-3-4-8-19/h1-2,5-6,9H,3-4,7-8,10-11H2,(H,17,18,20). The van der Waals surface area contributed by atoms with Crippen molar-refractivity contribution < 1.29 is 4.79 Å². The second-order valence-electron chi connectivity index (χ2n) is 5.17. The van der Waals surface area contributed by atoms with Gasteiger partial charge in [-0.3, -0.25) is 9.69 Å². The molecule has 0 radical (unpaired) electrons. The fraction of sp³-hybridized carbons (Fsp3) is 0.400. The molecule has 0 aliphatic carbocycles. The molecule has 2 aliphatic heterocycles. The van der Waals surface area contributed by atoms with Crippen molar-refractivity contribution in [2.24, 2.45) is 10.2 Å². The Balaban J connectivity index is 1.68. The lowest BCUT2D eigenvalue weighted by atomic mass is 10.1. The quantitative estimate of drug-likeness (QED) is 0.682. The number of hydrogen-bond acceptors (Lipinski definition) is 5. The van der Waals surface area contributed by atoms with E-state index in [0.29, 0.717) is 10.9 Å². The maximum absolute atomic E-state index is 11.1. The van der Waals surface area contributed by atoms with Gasteiger partial charge in [-0.25, -0.2) is 0 Å². The molecular weight excluding hydrogens is 284 g/mol. The van der Waals surface area contributed by atoms with Crippen LogP contribution >= 0.6 is 11.8 Å². The van der Waals surface area contributed by atoms with Gasteiger partial charge in [-0.05, 0) is 37.1 Å². The van der Waals surface area contributed by atoms with Gasteiger partial charge in [0.15, 0.2) is 5.17 Å². The lowest BCUT2D eigenvalue weighted by Gasteiger charge is -2.15. The van der Waals surface area contributed by atoms with Gasteiger partial charge in [0.25, 0.3) is 0 Å². The van der Waals surface area contributed by atoms with Gasteiger partial charge in [-0.2, -0.15) is 5.10 Å². The number of hydrogen-bond donors (Lipinski definition) is 1. The van der Waals surface area contributed by atoms with Crippen molar-refractivity contribution in [2.45, 2.75) is 19.4 Å². The maximum atomic E-state index is 11.1. The number of likely N-dealkylation sites (tertiary alicyclic amines) is 1. The number of carbonyl (C=O) groups is 1. The third-order valence-electron chi connectivity index (χ3n) is 3.58. The molecule has 1 aromatic carbocycles. The third-order valence-corrected chi connectivity index (χ3v) is 4.44. The number of amides is 1. The number of nitrogens with one attached hydrogen (secondary N) is 1. The minimum absolute atomic E-state index is 0.0108. The van der Waals surface area contributed by atoms with Crippen LogP contribution in [-0.2, 0) is 11.3 Å². The molecule has 0 bridgehead atoms. The molecule has 0 spiro atoms. The molecule has 5 nitrogen and oxygen atoms in total. The molecule has 0 unspecified atom stereocenters. The minimum atomic E-state index is -0.0108. The van der Waals surface area contributed by atoms with Gasteiger partial charge in [0.05, 0.1) is 12.0 Å². The monoisotopic (exact) mass is 302 g/mol. The SMILES string of the molecule is O=C1CSC(=NN=Cc2ccccc2CN2CCCC2)N1. The number of thioether (sulfide) groups is 1. The fourth-order valence-electron chi connectivity index (χ4n) is 2.51. The molecule has 2 saturated heterocycles. The first-order chi connectivity index (χ1) is 10.3. The van der Waals surface area contributed by atoms with E-state index in [0.717, 1.165) is 12.1 Å². The summed E-state index contributed by atoms with van der Waals surface area (Å²) in [6.07, 6.45) is 4.35. The van der Waals surface area contributed by atoms with Gasteiger partial charge in [0, 0.05) is 6.54 Å². The Kier molecular flexibility index (Phi) is 4.67. The third kappa shape index (κ3) is 3.92. The lowest BCUT2D eigenvalue weighted by Crippen LogP contribution is -2.20. The van der Waals surface area contributed by atoms with E-state index in [1.54, 1.807) is 6.21 Å². The number of rotatable bonds is 4. The van der Waals surface area contributed by atoms with Gasteiger partial charge < -0.3 is 5.32 Å². The van der Waals surface area contributed by atoms with E-state index in [4.69, 9.17) is 0 Å². The molecule has 2 heterocycles. The summed E-state index contributed by atoms with van der Waals surface area (Å²) in [6.45, 7) is 3.32. The largest absolute Gasteiger partial charge is 0.303 e. The second kappa shape index (κ2) is 6.87. The van der Waals surface area contributed by atoms with E-state index in [9.17, 15) is 4.79 Å². The molecule has 2 fully saturated rings. The highest BCUT2D eigenvalue weighted by Gasteiger charge is 2.16. The van der Waals surface area contributed by atoms with Crippen LogP contribution in [0.5, 0.6) is 0 Å². The average Bonchev–Trinajstić information content (AvgIpc) is 3.13. The highest BCUT2D eigenvalue weighted by molar-refractivity contribution is 8.15. The Hall–Kier alpha value is -1.66. The van der Waals surface area contributed by atoms with Crippen molar-refractivity contribution in [3.63, 3.8) is 0 Å². The topological polar surface area (TPSA) is 57.1 Å². The van der Waals surface area contributed by atoms with Crippen molar-refractivity contribution in [2.75, 3.05) is 18.8 Å². The normalized spacial score (nSPS) is 21.5. The van der Waals surface area contributed by atoms with E-state index < -0.39 is 0 Å². The molecule has 2 aliphatic rings. The molecule has 110 valence electrons. The first-order valence-corrected chi connectivity index (χ1v) is 8.14. The molecule has 1 amide bonds. The number of amidine groups is 1. The minimum Gasteiger partial charge on any atom is -0.303 e. The van der Waals surface area contributed by atoms with Crippen LogP contribution in [0.25, 0.3) is 0 Å². The lowest BCUT2D eigenvalue weighted by molar-refractivity contribution is -0.116. The van der Waals surface area contributed by atoms with Gasteiger partial charge in [0.2, 0.25) is 5.91 Å². The van der Waals surface area contributed by atoms with Crippen LogP contribution in [0.2, 0.25) is 0 Å². The van der Waals surface area contributed by atoms with E-state index >= 15 is 0 Å². The molecule has 0 atom stereocenters. The summed E-state index contributed by atoms with van der Waals surface area (Å²) in [5, 5.41) is 11.4. The van der Waals surface area contributed by atoms with Gasteiger partial charge in [0.1, 0.15) is 0 Å². The summed E-state index contributed by atoms with van der Waals surface area (Å²) in [6, 6.07) is 8.25. The van der Waals surface area contributed by atoms with E-state index in [1.807, 2.05) is 6.07 Å². The van der Waals surface area contributed by atoms with Crippen LogP contribution in [0.4, 0.5) is 0 Å². The van der Waals surface area contributed by atoms with Crippen LogP contribution in [0.1, 0.15) is 24.0 Å². The Morgan fingerprint density at radius 3 is 2.86 bits per heavy atom. The number of carbonyl (C=O) groups excluding carboxylic acids is 1. The Morgan fingerprint density at radius 1 is 1.29 bits per heavy atom. The second-order valence-corrected chi connectivity index (χ2v) is 6.13. The molecule has 1 N–H and O–H groups in total. The first-order valence-electron chi connectivity index (χ1n) is 7.15. The summed E-state index contributed by atoms with van der Waals surface area (Å²) in [4.78, 5) is 13.5. The summed E-state index contributed by atoms with van der Waals surface area (Å²) in [7, 11) is 0. The molecular formula is C15H18N4OS. The van der Waals surface area contributed by atoms with Crippen LogP contribution in [0, 0.1) is 0 Å². The molecule has 21 heavy (non-hydrogen) atoms. The van der Waals surface area contributed by atoms with E-state index in [1.165, 1.54) is 43.3 Å². The highest BCUT2D eigenvalue weighted by atomic mass is 32.2. The van der Waals surface area contributed by atoms with Crippen molar-refractivity contribution in [3.05, 3.63) is 35.4 Å². The van der Waals surface area contributed by atoms with Gasteiger partial charge in [-0.15, -0.1) is 5.10 Å². The van der Waals surface area contributed by atoms with Crippen LogP contribution in [-0.4, -0.2) is 41.0 Å². The molecule has 6 heteroatoms. The van der Waals surface area contributed by atoms with Crippen LogP contribution < -0.4 is 5.32 Å². The maximum Gasteiger partial charge on any atom is 0.236 e. The van der Waals surface area contributed by atoms with E-state index in [-0.39, 0.29) is 5.91 Å². The smallest absolute Gasteiger partial charge is 0.236 e. The zero-order valence-corrected chi connectivity index (χ0v) is 12.6. The molecule has 1 aromatic rings. The van der Waals surface area contributed by atoms with Crippen molar-refractivity contribution in [1.82, 2.24) is 10.2 Å². The Bertz CT molecular complexity index is 579.